The van der Waals surface area contributed by atoms with Crippen molar-refractivity contribution in [1.82, 2.24) is 19.9 Å². The second kappa shape index (κ2) is 10.6. The number of likely N-dealkylation sites (tertiary alicyclic amines) is 1. The standard InChI is InChI=1S/C23H36N8O/c1-6-10-31-11-9-18(14-31)25-21-27-22(29-23(28-21)30(5)13-15(2)3)26-19-12-17(20(24)32)8-7-16(19)4/h7-8,12,15,18H,6,9-11,13-14H2,1-5H3,(H2,24,32)(H2,25,26,27,28,29)/t18-/m1/s1. The molecule has 9 heteroatoms. The van der Waals surface area contributed by atoms with E-state index in [0.717, 1.165) is 50.3 Å². The van der Waals surface area contributed by atoms with E-state index in [1.54, 1.807) is 12.1 Å². The zero-order valence-electron chi connectivity index (χ0n) is 19.9. The Kier molecular flexibility index (Phi) is 7.84. The number of rotatable bonds is 10. The summed E-state index contributed by atoms with van der Waals surface area (Å²) in [6.07, 6.45) is 2.21. The molecule has 1 aromatic heterocycles. The molecule has 2 aromatic rings. The second-order valence-corrected chi connectivity index (χ2v) is 9.01. The van der Waals surface area contributed by atoms with Gasteiger partial charge in [0.25, 0.3) is 0 Å². The summed E-state index contributed by atoms with van der Waals surface area (Å²) in [6, 6.07) is 5.61. The van der Waals surface area contributed by atoms with Gasteiger partial charge in [0.05, 0.1) is 0 Å². The first-order valence-corrected chi connectivity index (χ1v) is 11.4. The number of anilines is 4. The Morgan fingerprint density at radius 3 is 2.72 bits per heavy atom. The van der Waals surface area contributed by atoms with Crippen molar-refractivity contribution < 1.29 is 4.79 Å². The molecule has 0 spiro atoms. The van der Waals surface area contributed by atoms with Crippen LogP contribution in [0.2, 0.25) is 0 Å². The van der Waals surface area contributed by atoms with Crippen molar-refractivity contribution in [3.63, 3.8) is 0 Å². The van der Waals surface area contributed by atoms with Gasteiger partial charge in [0.2, 0.25) is 23.8 Å². The topological polar surface area (TPSA) is 112 Å². The first-order chi connectivity index (χ1) is 15.2. The number of hydrogen-bond donors (Lipinski definition) is 3. The molecule has 9 nitrogen and oxygen atoms in total. The van der Waals surface area contributed by atoms with E-state index < -0.39 is 5.91 Å². The summed E-state index contributed by atoms with van der Waals surface area (Å²) in [6.45, 7) is 12.5. The number of nitrogens with two attached hydrogens (primary N) is 1. The second-order valence-electron chi connectivity index (χ2n) is 9.01. The predicted octanol–water partition coefficient (Wildman–Crippen LogP) is 3.01. The summed E-state index contributed by atoms with van der Waals surface area (Å²) in [5.74, 6) is 1.59. The van der Waals surface area contributed by atoms with Crippen molar-refractivity contribution in [1.29, 1.82) is 0 Å². The summed E-state index contributed by atoms with van der Waals surface area (Å²) in [5, 5.41) is 6.77. The maximum absolute atomic E-state index is 11.6. The third-order valence-electron chi connectivity index (χ3n) is 5.52. The molecule has 0 saturated carbocycles. The molecule has 1 aliphatic heterocycles. The van der Waals surface area contributed by atoms with E-state index in [9.17, 15) is 4.79 Å². The molecule has 0 aliphatic carbocycles. The van der Waals surface area contributed by atoms with E-state index in [2.05, 4.69) is 46.3 Å². The van der Waals surface area contributed by atoms with Crippen LogP contribution in [0.15, 0.2) is 18.2 Å². The largest absolute Gasteiger partial charge is 0.366 e. The number of carbonyl (C=O) groups is 1. The Balaban J connectivity index is 1.87. The van der Waals surface area contributed by atoms with Gasteiger partial charge in [-0.2, -0.15) is 15.0 Å². The van der Waals surface area contributed by atoms with Crippen LogP contribution in [0.5, 0.6) is 0 Å². The summed E-state index contributed by atoms with van der Waals surface area (Å²) in [4.78, 5) is 30.1. The number of nitrogens with one attached hydrogen (secondary N) is 2. The van der Waals surface area contributed by atoms with Crippen molar-refractivity contribution >= 4 is 29.4 Å². The predicted molar refractivity (Wildman–Crippen MR) is 130 cm³/mol. The maximum Gasteiger partial charge on any atom is 0.248 e. The van der Waals surface area contributed by atoms with Crippen molar-refractivity contribution in [3.8, 4) is 0 Å². The van der Waals surface area contributed by atoms with Crippen LogP contribution < -0.4 is 21.3 Å². The zero-order valence-corrected chi connectivity index (χ0v) is 19.9. The van der Waals surface area contributed by atoms with Crippen molar-refractivity contribution in [2.45, 2.75) is 46.6 Å². The van der Waals surface area contributed by atoms with Gasteiger partial charge in [-0.05, 0) is 49.9 Å². The van der Waals surface area contributed by atoms with Crippen LogP contribution in [-0.4, -0.2) is 65.0 Å². The molecular formula is C23H36N8O. The van der Waals surface area contributed by atoms with Crippen molar-refractivity contribution in [3.05, 3.63) is 29.3 Å². The minimum Gasteiger partial charge on any atom is -0.366 e. The van der Waals surface area contributed by atoms with Gasteiger partial charge in [0.15, 0.2) is 0 Å². The number of primary amides is 1. The van der Waals surface area contributed by atoms with E-state index in [4.69, 9.17) is 10.7 Å². The summed E-state index contributed by atoms with van der Waals surface area (Å²) < 4.78 is 0. The van der Waals surface area contributed by atoms with Gasteiger partial charge in [-0.3, -0.25) is 4.79 Å². The molecule has 4 N–H and O–H groups in total. The van der Waals surface area contributed by atoms with Gasteiger partial charge >= 0.3 is 0 Å². The van der Waals surface area contributed by atoms with E-state index in [1.165, 1.54) is 0 Å². The molecule has 0 radical (unpaired) electrons. The SMILES string of the molecule is CCCN1CC[C@@H](Nc2nc(Nc3cc(C(N)=O)ccc3C)nc(N(C)CC(C)C)n2)C1. The molecule has 174 valence electrons. The summed E-state index contributed by atoms with van der Waals surface area (Å²) in [5.41, 5.74) is 7.60. The van der Waals surface area contributed by atoms with E-state index in [0.29, 0.717) is 35.4 Å². The highest BCUT2D eigenvalue weighted by atomic mass is 16.1. The van der Waals surface area contributed by atoms with E-state index in [-0.39, 0.29) is 0 Å². The molecule has 3 rings (SSSR count). The van der Waals surface area contributed by atoms with Crippen molar-refractivity contribution in [2.24, 2.45) is 11.7 Å². The number of aromatic nitrogens is 3. The molecule has 1 fully saturated rings. The lowest BCUT2D eigenvalue weighted by molar-refractivity contribution is 0.100. The molecule has 1 aromatic carbocycles. The van der Waals surface area contributed by atoms with Crippen LogP contribution in [0.25, 0.3) is 0 Å². The van der Waals surface area contributed by atoms with Gasteiger partial charge in [-0.1, -0.05) is 26.8 Å². The first-order valence-electron chi connectivity index (χ1n) is 11.4. The fourth-order valence-electron chi connectivity index (χ4n) is 3.97. The molecule has 0 unspecified atom stereocenters. The van der Waals surface area contributed by atoms with Crippen LogP contribution in [-0.2, 0) is 0 Å². The smallest absolute Gasteiger partial charge is 0.248 e. The average Bonchev–Trinajstić information content (AvgIpc) is 3.16. The van der Waals surface area contributed by atoms with Crippen LogP contribution in [0.4, 0.5) is 23.5 Å². The van der Waals surface area contributed by atoms with E-state index in [1.807, 2.05) is 24.9 Å². The molecule has 1 saturated heterocycles. The molecular weight excluding hydrogens is 404 g/mol. The number of hydrogen-bond acceptors (Lipinski definition) is 8. The fraction of sp³-hybridized carbons (Fsp3) is 0.565. The highest BCUT2D eigenvalue weighted by molar-refractivity contribution is 5.94. The monoisotopic (exact) mass is 440 g/mol. The number of carbonyl (C=O) groups excluding carboxylic acids is 1. The lowest BCUT2D eigenvalue weighted by Crippen LogP contribution is -2.29. The van der Waals surface area contributed by atoms with E-state index >= 15 is 0 Å². The van der Waals surface area contributed by atoms with Crippen LogP contribution in [0, 0.1) is 12.8 Å². The molecule has 0 bridgehead atoms. The fourth-order valence-corrected chi connectivity index (χ4v) is 3.97. The van der Waals surface area contributed by atoms with Gasteiger partial charge in [0, 0.05) is 44.0 Å². The number of benzene rings is 1. The Bertz CT molecular complexity index is 932. The molecule has 1 amide bonds. The Hall–Kier alpha value is -2.94. The summed E-state index contributed by atoms with van der Waals surface area (Å²) >= 11 is 0. The molecule has 1 aliphatic rings. The highest BCUT2D eigenvalue weighted by Gasteiger charge is 2.23. The minimum atomic E-state index is -0.471. The summed E-state index contributed by atoms with van der Waals surface area (Å²) in [7, 11) is 1.99. The van der Waals surface area contributed by atoms with Gasteiger partial charge in [-0.15, -0.1) is 0 Å². The Morgan fingerprint density at radius 2 is 2.03 bits per heavy atom. The maximum atomic E-state index is 11.6. The van der Waals surface area contributed by atoms with Crippen molar-refractivity contribution in [2.75, 3.05) is 48.8 Å². The normalized spacial score (nSPS) is 16.4. The molecule has 32 heavy (non-hydrogen) atoms. The number of nitrogens with zero attached hydrogens (tertiary/aromatic N) is 5. The third-order valence-corrected chi connectivity index (χ3v) is 5.52. The molecule has 2 heterocycles. The van der Waals surface area contributed by atoms with Crippen LogP contribution in [0.3, 0.4) is 0 Å². The third kappa shape index (κ3) is 6.29. The number of aryl methyl sites for hydroxylation is 1. The lowest BCUT2D eigenvalue weighted by Gasteiger charge is -2.21. The quantitative estimate of drug-likeness (QED) is 0.517. The van der Waals surface area contributed by atoms with Gasteiger partial charge < -0.3 is 26.2 Å². The minimum absolute atomic E-state index is 0.306. The number of amides is 1. The Morgan fingerprint density at radius 1 is 1.28 bits per heavy atom. The highest BCUT2D eigenvalue weighted by Crippen LogP contribution is 2.23. The molecule has 1 atom stereocenters. The van der Waals surface area contributed by atoms with Crippen LogP contribution >= 0.6 is 0 Å². The van der Waals surface area contributed by atoms with Gasteiger partial charge in [0.1, 0.15) is 0 Å². The lowest BCUT2D eigenvalue weighted by atomic mass is 10.1. The first kappa shape index (κ1) is 23.7. The van der Waals surface area contributed by atoms with Gasteiger partial charge in [-0.25, -0.2) is 0 Å². The van der Waals surface area contributed by atoms with Crippen LogP contribution in [0.1, 0.15) is 49.5 Å². The Labute approximate surface area is 190 Å². The zero-order chi connectivity index (χ0) is 23.3. The average molecular weight is 441 g/mol.